The first-order valence-electron chi connectivity index (χ1n) is 12.2. The summed E-state index contributed by atoms with van der Waals surface area (Å²) in [5, 5.41) is 13.6. The number of dihydropyridines is 1. The standard InChI is InChI=1S/C29H31NO4/c1-17-10-12-19(13-11-17)21-15-24-28(25(32)16-21)27(20-6-5-7-22(31)14-20)26(18(2)30-24)29(33)34-23-8-3-4-9-23/h5-7,10-14,21,23,27,30-31H,3-4,8-9,15-16H2,1-2H3. The van der Waals surface area contributed by atoms with E-state index in [4.69, 9.17) is 4.74 Å². The number of ether oxygens (including phenoxy) is 1. The Kier molecular flexibility index (Phi) is 6.03. The molecule has 34 heavy (non-hydrogen) atoms. The molecular formula is C29H31NO4. The Balaban J connectivity index is 1.54. The zero-order valence-electron chi connectivity index (χ0n) is 19.8. The van der Waals surface area contributed by atoms with Crippen molar-refractivity contribution in [3.63, 3.8) is 0 Å². The predicted molar refractivity (Wildman–Crippen MR) is 130 cm³/mol. The maximum Gasteiger partial charge on any atom is 0.337 e. The van der Waals surface area contributed by atoms with Crippen LogP contribution < -0.4 is 5.32 Å². The van der Waals surface area contributed by atoms with E-state index in [-0.39, 0.29) is 29.5 Å². The van der Waals surface area contributed by atoms with Gasteiger partial charge in [-0.1, -0.05) is 42.0 Å². The number of carbonyl (C=O) groups is 2. The SMILES string of the molecule is CC1=C(C(=O)OC2CCCC2)C(c2cccc(O)c2)C2=C(CC(c3ccc(C)cc3)CC2=O)N1. The average Bonchev–Trinajstić information content (AvgIpc) is 3.31. The van der Waals surface area contributed by atoms with Crippen molar-refractivity contribution < 1.29 is 19.4 Å². The average molecular weight is 458 g/mol. The van der Waals surface area contributed by atoms with E-state index in [9.17, 15) is 14.7 Å². The highest BCUT2D eigenvalue weighted by molar-refractivity contribution is 6.04. The highest BCUT2D eigenvalue weighted by Gasteiger charge is 2.42. The summed E-state index contributed by atoms with van der Waals surface area (Å²) in [6, 6.07) is 15.2. The monoisotopic (exact) mass is 457 g/mol. The Bertz CT molecular complexity index is 1180. The first kappa shape index (κ1) is 22.5. The molecule has 5 nitrogen and oxygen atoms in total. The number of rotatable bonds is 4. The number of phenolic OH excluding ortho intramolecular Hbond substituents is 1. The Hall–Kier alpha value is -3.34. The van der Waals surface area contributed by atoms with Gasteiger partial charge in [-0.05, 0) is 75.1 Å². The summed E-state index contributed by atoms with van der Waals surface area (Å²) in [7, 11) is 0. The fourth-order valence-electron chi connectivity index (χ4n) is 5.64. The second-order valence-corrected chi connectivity index (χ2v) is 9.83. The fraction of sp³-hybridized carbons (Fsp3) is 0.379. The van der Waals surface area contributed by atoms with Crippen LogP contribution in [0.25, 0.3) is 0 Å². The van der Waals surface area contributed by atoms with Gasteiger partial charge in [0, 0.05) is 29.3 Å². The Morgan fingerprint density at radius 2 is 1.74 bits per heavy atom. The molecule has 0 amide bonds. The van der Waals surface area contributed by atoms with Gasteiger partial charge in [-0.25, -0.2) is 4.79 Å². The van der Waals surface area contributed by atoms with E-state index in [1.807, 2.05) is 13.0 Å². The molecule has 0 aromatic heterocycles. The van der Waals surface area contributed by atoms with Gasteiger partial charge in [0.15, 0.2) is 5.78 Å². The quantitative estimate of drug-likeness (QED) is 0.589. The highest BCUT2D eigenvalue weighted by Crippen LogP contribution is 2.46. The maximum atomic E-state index is 13.6. The molecule has 3 aliphatic rings. The van der Waals surface area contributed by atoms with Gasteiger partial charge in [-0.15, -0.1) is 0 Å². The van der Waals surface area contributed by atoms with E-state index in [0.717, 1.165) is 42.5 Å². The van der Waals surface area contributed by atoms with Gasteiger partial charge in [0.2, 0.25) is 0 Å². The second kappa shape index (κ2) is 9.13. The molecular weight excluding hydrogens is 426 g/mol. The lowest BCUT2D eigenvalue weighted by atomic mass is 9.71. The number of nitrogens with one attached hydrogen (secondary N) is 1. The molecule has 2 aromatic carbocycles. The number of carbonyl (C=O) groups excluding carboxylic acids is 2. The van der Waals surface area contributed by atoms with E-state index in [0.29, 0.717) is 29.7 Å². The summed E-state index contributed by atoms with van der Waals surface area (Å²) in [4.78, 5) is 27.0. The van der Waals surface area contributed by atoms with Gasteiger partial charge >= 0.3 is 5.97 Å². The van der Waals surface area contributed by atoms with Gasteiger partial charge in [0.25, 0.3) is 0 Å². The molecule has 1 heterocycles. The van der Waals surface area contributed by atoms with Crippen LogP contribution in [0.3, 0.4) is 0 Å². The maximum absolute atomic E-state index is 13.6. The third-order valence-corrected chi connectivity index (χ3v) is 7.38. The van der Waals surface area contributed by atoms with Crippen molar-refractivity contribution in [3.8, 4) is 5.75 Å². The summed E-state index contributed by atoms with van der Waals surface area (Å²) in [5.41, 5.74) is 5.74. The van der Waals surface area contributed by atoms with E-state index >= 15 is 0 Å². The van der Waals surface area contributed by atoms with E-state index in [1.165, 1.54) is 5.56 Å². The van der Waals surface area contributed by atoms with Crippen LogP contribution in [0.1, 0.15) is 74.0 Å². The van der Waals surface area contributed by atoms with Crippen LogP contribution >= 0.6 is 0 Å². The summed E-state index contributed by atoms with van der Waals surface area (Å²) in [6.07, 6.45) is 4.92. The van der Waals surface area contributed by atoms with Crippen molar-refractivity contribution >= 4 is 11.8 Å². The van der Waals surface area contributed by atoms with Crippen molar-refractivity contribution in [3.05, 3.63) is 87.8 Å². The van der Waals surface area contributed by atoms with Crippen LogP contribution in [0.5, 0.6) is 5.75 Å². The number of phenols is 1. The summed E-state index contributed by atoms with van der Waals surface area (Å²) < 4.78 is 5.89. The number of aryl methyl sites for hydroxylation is 1. The van der Waals surface area contributed by atoms with E-state index in [2.05, 4.69) is 36.5 Å². The largest absolute Gasteiger partial charge is 0.508 e. The third kappa shape index (κ3) is 4.27. The number of hydrogen-bond donors (Lipinski definition) is 2. The van der Waals surface area contributed by atoms with Crippen molar-refractivity contribution in [2.24, 2.45) is 0 Å². The molecule has 2 aromatic rings. The Morgan fingerprint density at radius 3 is 2.44 bits per heavy atom. The van der Waals surface area contributed by atoms with E-state index < -0.39 is 5.92 Å². The van der Waals surface area contributed by atoms with E-state index in [1.54, 1.807) is 18.2 Å². The molecule has 1 aliphatic heterocycles. The molecule has 1 fully saturated rings. The van der Waals surface area contributed by atoms with Crippen molar-refractivity contribution in [1.82, 2.24) is 5.32 Å². The highest BCUT2D eigenvalue weighted by atomic mass is 16.5. The van der Waals surface area contributed by atoms with Crippen molar-refractivity contribution in [2.45, 2.75) is 70.3 Å². The minimum Gasteiger partial charge on any atom is -0.508 e. The molecule has 0 radical (unpaired) electrons. The molecule has 0 spiro atoms. The van der Waals surface area contributed by atoms with Gasteiger partial charge in [-0.3, -0.25) is 4.79 Å². The summed E-state index contributed by atoms with van der Waals surface area (Å²) >= 11 is 0. The number of benzene rings is 2. The number of allylic oxidation sites excluding steroid dienone is 3. The Morgan fingerprint density at radius 1 is 1.00 bits per heavy atom. The first-order valence-corrected chi connectivity index (χ1v) is 12.2. The third-order valence-electron chi connectivity index (χ3n) is 7.38. The lowest BCUT2D eigenvalue weighted by molar-refractivity contribution is -0.144. The zero-order chi connectivity index (χ0) is 23.8. The molecule has 2 N–H and O–H groups in total. The molecule has 0 bridgehead atoms. The van der Waals surface area contributed by atoms with Crippen molar-refractivity contribution in [1.29, 1.82) is 0 Å². The summed E-state index contributed by atoms with van der Waals surface area (Å²) in [5.74, 6) is -0.690. The molecule has 5 rings (SSSR count). The lowest BCUT2D eigenvalue weighted by Gasteiger charge is -2.37. The van der Waals surface area contributed by atoms with Crippen LogP contribution in [0.15, 0.2) is 71.1 Å². The van der Waals surface area contributed by atoms with Crippen LogP contribution in [-0.4, -0.2) is 23.0 Å². The molecule has 2 unspecified atom stereocenters. The lowest BCUT2D eigenvalue weighted by Crippen LogP contribution is -2.36. The minimum atomic E-state index is -0.552. The predicted octanol–water partition coefficient (Wildman–Crippen LogP) is 5.55. The number of hydrogen-bond acceptors (Lipinski definition) is 5. The summed E-state index contributed by atoms with van der Waals surface area (Å²) in [6.45, 7) is 3.93. The van der Waals surface area contributed by atoms with Crippen LogP contribution in [0, 0.1) is 6.92 Å². The molecule has 176 valence electrons. The van der Waals surface area contributed by atoms with Gasteiger partial charge in [0.1, 0.15) is 11.9 Å². The number of Topliss-reactive ketones (excluding diaryl/α,β-unsaturated/α-hetero) is 1. The number of ketones is 1. The zero-order valence-corrected chi connectivity index (χ0v) is 19.8. The van der Waals surface area contributed by atoms with Crippen LogP contribution in [0.2, 0.25) is 0 Å². The topological polar surface area (TPSA) is 75.6 Å². The number of aromatic hydroxyl groups is 1. The van der Waals surface area contributed by atoms with Gasteiger partial charge < -0.3 is 15.2 Å². The first-order chi connectivity index (χ1) is 16.4. The molecule has 2 atom stereocenters. The van der Waals surface area contributed by atoms with Gasteiger partial charge in [0.05, 0.1) is 5.57 Å². The van der Waals surface area contributed by atoms with Gasteiger partial charge in [-0.2, -0.15) is 0 Å². The fourth-order valence-corrected chi connectivity index (χ4v) is 5.64. The number of esters is 1. The van der Waals surface area contributed by atoms with Crippen molar-refractivity contribution in [2.75, 3.05) is 0 Å². The molecule has 2 aliphatic carbocycles. The molecule has 5 heteroatoms. The molecule has 0 saturated heterocycles. The second-order valence-electron chi connectivity index (χ2n) is 9.83. The molecule has 1 saturated carbocycles. The minimum absolute atomic E-state index is 0.0336. The van der Waals surface area contributed by atoms with Crippen LogP contribution in [0.4, 0.5) is 0 Å². The normalized spacial score (nSPS) is 23.1. The Labute approximate surface area is 200 Å². The smallest absolute Gasteiger partial charge is 0.337 e. The van der Waals surface area contributed by atoms with Crippen LogP contribution in [-0.2, 0) is 14.3 Å².